The molecule has 0 heterocycles. The van der Waals surface area contributed by atoms with Gasteiger partial charge in [-0.15, -0.1) is 0 Å². The normalized spacial score (nSPS) is 20.2. The summed E-state index contributed by atoms with van der Waals surface area (Å²) < 4.78 is 13.7. The summed E-state index contributed by atoms with van der Waals surface area (Å²) in [4.78, 5) is 25.8. The van der Waals surface area contributed by atoms with E-state index in [4.69, 9.17) is 0 Å². The number of benzene rings is 3. The predicted molar refractivity (Wildman–Crippen MR) is 156 cm³/mol. The quantitative estimate of drug-likeness (QED) is 0.267. The molecular weight excluding hydrogens is 483 g/mol. The Kier molecular flexibility index (Phi) is 7.88. The molecule has 3 unspecified atom stereocenters. The highest BCUT2D eigenvalue weighted by molar-refractivity contribution is 6.02. The third-order valence-corrected chi connectivity index (χ3v) is 8.30. The molecule has 0 amide bonds. The number of hydrogen-bond acceptors (Lipinski definition) is 2. The van der Waals surface area contributed by atoms with E-state index in [0.29, 0.717) is 0 Å². The Balaban J connectivity index is 1.47. The smallest absolute Gasteiger partial charge is 0.166 e. The minimum Gasteiger partial charge on any atom is -0.295 e. The summed E-state index contributed by atoms with van der Waals surface area (Å²) in [5.41, 5.74) is 8.67. The molecule has 0 spiro atoms. The van der Waals surface area contributed by atoms with E-state index in [1.54, 1.807) is 6.92 Å². The fraction of sp³-hybridized carbons (Fsp3) is 0.278. The minimum absolute atomic E-state index is 0.0298. The van der Waals surface area contributed by atoms with E-state index in [9.17, 15) is 14.0 Å². The molecule has 3 aromatic carbocycles. The van der Waals surface area contributed by atoms with Crippen LogP contribution in [-0.2, 0) is 24.1 Å². The maximum Gasteiger partial charge on any atom is 0.166 e. The monoisotopic (exact) mass is 518 g/mol. The summed E-state index contributed by atoms with van der Waals surface area (Å²) in [6.07, 6.45) is 11.5. The molecule has 3 aromatic rings. The number of halogens is 1. The highest BCUT2D eigenvalue weighted by Gasteiger charge is 2.37. The van der Waals surface area contributed by atoms with Crippen molar-refractivity contribution in [2.45, 2.75) is 52.4 Å². The van der Waals surface area contributed by atoms with Crippen LogP contribution < -0.4 is 0 Å². The van der Waals surface area contributed by atoms with Gasteiger partial charge in [-0.3, -0.25) is 9.59 Å². The third kappa shape index (κ3) is 5.63. The first-order valence-corrected chi connectivity index (χ1v) is 14.0. The van der Waals surface area contributed by atoms with Crippen molar-refractivity contribution >= 4 is 17.1 Å². The van der Waals surface area contributed by atoms with Gasteiger partial charge in [0, 0.05) is 28.9 Å². The second-order valence-corrected chi connectivity index (χ2v) is 10.8. The minimum atomic E-state index is -0.258. The van der Waals surface area contributed by atoms with Crippen molar-refractivity contribution in [1.29, 1.82) is 0 Å². The molecule has 0 saturated heterocycles. The second kappa shape index (κ2) is 11.5. The van der Waals surface area contributed by atoms with Gasteiger partial charge in [0.1, 0.15) is 5.82 Å². The maximum absolute atomic E-state index is 13.9. The SMILES string of the molecule is CCc1c(CCc2cccc(C(C)=O)c2)cccc1C1CC(c2ccc(F)cc2)=CC1C(=O)C1=CC=CC1C. The zero-order chi connectivity index (χ0) is 27.5. The Morgan fingerprint density at radius 1 is 0.974 bits per heavy atom. The lowest BCUT2D eigenvalue weighted by Crippen LogP contribution is -2.22. The third-order valence-electron chi connectivity index (χ3n) is 8.30. The van der Waals surface area contributed by atoms with Crippen LogP contribution in [0.1, 0.15) is 71.3 Å². The molecule has 3 atom stereocenters. The van der Waals surface area contributed by atoms with Crippen molar-refractivity contribution in [1.82, 2.24) is 0 Å². The predicted octanol–water partition coefficient (Wildman–Crippen LogP) is 8.26. The van der Waals surface area contributed by atoms with E-state index in [-0.39, 0.29) is 35.1 Å². The number of allylic oxidation sites excluding steroid dienone is 6. The molecule has 3 heteroatoms. The van der Waals surface area contributed by atoms with Crippen LogP contribution in [0.2, 0.25) is 0 Å². The molecule has 0 saturated carbocycles. The molecule has 0 aromatic heterocycles. The average molecular weight is 519 g/mol. The summed E-state index contributed by atoms with van der Waals surface area (Å²) in [5, 5.41) is 0. The largest absolute Gasteiger partial charge is 0.295 e. The molecule has 5 rings (SSSR count). The highest BCUT2D eigenvalue weighted by Crippen LogP contribution is 2.46. The summed E-state index contributed by atoms with van der Waals surface area (Å²) in [7, 11) is 0. The van der Waals surface area contributed by atoms with E-state index in [0.717, 1.165) is 53.5 Å². The molecule has 0 bridgehead atoms. The van der Waals surface area contributed by atoms with Crippen molar-refractivity contribution in [3.8, 4) is 0 Å². The van der Waals surface area contributed by atoms with Gasteiger partial charge in [0.15, 0.2) is 11.6 Å². The Morgan fingerprint density at radius 2 is 1.74 bits per heavy atom. The molecule has 39 heavy (non-hydrogen) atoms. The van der Waals surface area contributed by atoms with E-state index >= 15 is 0 Å². The van der Waals surface area contributed by atoms with Crippen LogP contribution in [0, 0.1) is 17.7 Å². The number of ketones is 2. The summed E-state index contributed by atoms with van der Waals surface area (Å²) >= 11 is 0. The molecule has 0 radical (unpaired) electrons. The van der Waals surface area contributed by atoms with Gasteiger partial charge in [-0.1, -0.05) is 86.7 Å². The van der Waals surface area contributed by atoms with E-state index in [1.807, 2.05) is 42.5 Å². The summed E-state index contributed by atoms with van der Waals surface area (Å²) in [6, 6.07) is 21.0. The Labute approximate surface area is 231 Å². The topological polar surface area (TPSA) is 34.1 Å². The van der Waals surface area contributed by atoms with Gasteiger partial charge in [0.05, 0.1) is 0 Å². The maximum atomic E-state index is 13.9. The molecule has 2 aliphatic carbocycles. The number of Topliss-reactive ketones (excluding diaryl/α,β-unsaturated/α-hetero) is 2. The van der Waals surface area contributed by atoms with Gasteiger partial charge in [0.25, 0.3) is 0 Å². The van der Waals surface area contributed by atoms with Crippen molar-refractivity contribution in [3.63, 3.8) is 0 Å². The zero-order valence-electron chi connectivity index (χ0n) is 22.9. The molecular formula is C36H35FO2. The van der Waals surface area contributed by atoms with Gasteiger partial charge in [0.2, 0.25) is 0 Å². The Bertz CT molecular complexity index is 1490. The van der Waals surface area contributed by atoms with Gasteiger partial charge in [-0.2, -0.15) is 0 Å². The first-order chi connectivity index (χ1) is 18.9. The van der Waals surface area contributed by atoms with Crippen molar-refractivity contribution < 1.29 is 14.0 Å². The molecule has 2 nitrogen and oxygen atoms in total. The molecule has 0 N–H and O–H groups in total. The summed E-state index contributed by atoms with van der Waals surface area (Å²) in [5.74, 6) is -0.107. The van der Waals surface area contributed by atoms with Gasteiger partial charge >= 0.3 is 0 Å². The van der Waals surface area contributed by atoms with Crippen LogP contribution in [0.15, 0.2) is 96.6 Å². The Morgan fingerprint density at radius 3 is 2.44 bits per heavy atom. The second-order valence-electron chi connectivity index (χ2n) is 10.8. The van der Waals surface area contributed by atoms with Crippen molar-refractivity contribution in [2.24, 2.45) is 11.8 Å². The van der Waals surface area contributed by atoms with Crippen LogP contribution in [0.5, 0.6) is 0 Å². The fourth-order valence-electron chi connectivity index (χ4n) is 6.18. The highest BCUT2D eigenvalue weighted by atomic mass is 19.1. The molecule has 2 aliphatic rings. The lowest BCUT2D eigenvalue weighted by atomic mass is 9.78. The van der Waals surface area contributed by atoms with E-state index in [1.165, 1.54) is 28.8 Å². The van der Waals surface area contributed by atoms with E-state index in [2.05, 4.69) is 50.3 Å². The fourth-order valence-corrected chi connectivity index (χ4v) is 6.18. The number of hydrogen-bond donors (Lipinski definition) is 0. The van der Waals surface area contributed by atoms with Crippen LogP contribution in [0.25, 0.3) is 5.57 Å². The van der Waals surface area contributed by atoms with Crippen LogP contribution in [0.4, 0.5) is 4.39 Å². The van der Waals surface area contributed by atoms with Gasteiger partial charge in [-0.25, -0.2) is 4.39 Å². The lowest BCUT2D eigenvalue weighted by molar-refractivity contribution is -0.118. The molecule has 0 aliphatic heterocycles. The van der Waals surface area contributed by atoms with Crippen molar-refractivity contribution in [3.05, 3.63) is 136 Å². The zero-order valence-corrected chi connectivity index (χ0v) is 22.9. The first kappa shape index (κ1) is 26.7. The van der Waals surface area contributed by atoms with Crippen molar-refractivity contribution in [2.75, 3.05) is 0 Å². The first-order valence-electron chi connectivity index (χ1n) is 14.0. The number of aryl methyl sites for hydroxylation is 2. The molecule has 0 fully saturated rings. The number of carbonyl (C=O) groups is 2. The van der Waals surface area contributed by atoms with Gasteiger partial charge < -0.3 is 0 Å². The number of carbonyl (C=O) groups excluding carboxylic acids is 2. The van der Waals surface area contributed by atoms with Crippen LogP contribution >= 0.6 is 0 Å². The Hall–Kier alpha value is -3.85. The van der Waals surface area contributed by atoms with Crippen LogP contribution in [-0.4, -0.2) is 11.6 Å². The van der Waals surface area contributed by atoms with E-state index < -0.39 is 0 Å². The standard InChI is InChI=1S/C36H35FO2/c1-4-31-27(15-14-25-9-6-11-28(20-25)24(3)38)10-7-13-33(31)34-21-29(26-16-18-30(37)19-17-26)22-35(34)36(39)32-12-5-8-23(32)2/h5-13,16-20,22-23,34-35H,4,14-15,21H2,1-3H3. The molecule has 198 valence electrons. The van der Waals surface area contributed by atoms with Crippen LogP contribution in [0.3, 0.4) is 0 Å². The number of rotatable bonds is 9. The van der Waals surface area contributed by atoms with Gasteiger partial charge in [-0.05, 0) is 84.2 Å². The lowest BCUT2D eigenvalue weighted by Gasteiger charge is -2.25. The average Bonchev–Trinajstić information content (AvgIpc) is 3.58. The summed E-state index contributed by atoms with van der Waals surface area (Å²) in [6.45, 7) is 5.86.